The SMILES string of the molecule is C.CN(C)c1cc(NC(=O)Nc2ccc(Cl)cc2C(F)(F)F)c(O)c2c1C[C@@H]1C[C@H]3[C@@H](N(C)C)C(=O)C(C(N)=O)=C(O)[C@@]3(O)C(=O)C1=C2O. The smallest absolute Gasteiger partial charge is 0.418 e. The number of halogens is 4. The fraction of sp³-hybridized carbons (Fsp3) is 0.375. The second kappa shape index (κ2) is 12.6. The van der Waals surface area contributed by atoms with Gasteiger partial charge in [-0.15, -0.1) is 0 Å². The molecule has 2 aromatic carbocycles. The summed E-state index contributed by atoms with van der Waals surface area (Å²) in [5.41, 5.74) is -0.786. The Hall–Kier alpha value is -4.80. The van der Waals surface area contributed by atoms with Gasteiger partial charge in [-0.05, 0) is 62.7 Å². The van der Waals surface area contributed by atoms with Crippen molar-refractivity contribution in [1.29, 1.82) is 0 Å². The number of likely N-dealkylation sites (N-methyl/N-ethyl adjacent to an activating group) is 1. The lowest BCUT2D eigenvalue weighted by Gasteiger charge is -2.50. The molecule has 17 heteroatoms. The van der Waals surface area contributed by atoms with Crippen LogP contribution in [0.5, 0.6) is 5.75 Å². The van der Waals surface area contributed by atoms with Gasteiger partial charge in [-0.25, -0.2) is 4.79 Å². The van der Waals surface area contributed by atoms with Crippen LogP contribution < -0.4 is 21.3 Å². The number of carbonyl (C=O) groups excluding carboxylic acids is 4. The number of nitrogens with two attached hydrogens (primary N) is 1. The molecule has 0 spiro atoms. The second-order valence-corrected chi connectivity index (χ2v) is 12.7. The van der Waals surface area contributed by atoms with Crippen LogP contribution in [-0.2, 0) is 27.0 Å². The minimum atomic E-state index is -4.87. The maximum absolute atomic E-state index is 14.1. The van der Waals surface area contributed by atoms with Gasteiger partial charge in [0.2, 0.25) is 5.78 Å². The molecular weight excluding hydrogens is 675 g/mol. The molecule has 4 atom stereocenters. The molecule has 3 aliphatic carbocycles. The number of phenolic OH excluding ortho intramolecular Hbond substituents is 1. The van der Waals surface area contributed by atoms with Crippen LogP contribution in [0.15, 0.2) is 41.2 Å². The van der Waals surface area contributed by atoms with E-state index in [0.717, 1.165) is 12.1 Å². The van der Waals surface area contributed by atoms with Crippen molar-refractivity contribution in [3.63, 3.8) is 0 Å². The molecule has 0 radical (unpaired) electrons. The zero-order valence-electron chi connectivity index (χ0n) is 25.9. The molecule has 0 aliphatic heterocycles. The highest BCUT2D eigenvalue weighted by molar-refractivity contribution is 6.30. The molecule has 0 aromatic heterocycles. The van der Waals surface area contributed by atoms with Crippen LogP contribution in [0.1, 0.15) is 30.5 Å². The molecule has 8 N–H and O–H groups in total. The minimum absolute atomic E-state index is 0. The van der Waals surface area contributed by atoms with Crippen LogP contribution in [0, 0.1) is 11.8 Å². The number of aromatic hydroxyl groups is 1. The molecular formula is C32H35ClF3N5O8. The molecule has 0 saturated heterocycles. The summed E-state index contributed by atoms with van der Waals surface area (Å²) in [5.74, 6) is -8.43. The number of amides is 3. The molecule has 13 nitrogen and oxygen atoms in total. The van der Waals surface area contributed by atoms with Crippen molar-refractivity contribution in [2.45, 2.75) is 38.1 Å². The topological polar surface area (TPSA) is 206 Å². The van der Waals surface area contributed by atoms with Crippen molar-refractivity contribution in [2.75, 3.05) is 43.7 Å². The van der Waals surface area contributed by atoms with Gasteiger partial charge in [0, 0.05) is 36.3 Å². The Morgan fingerprint density at radius 3 is 2.20 bits per heavy atom. The highest BCUT2D eigenvalue weighted by Gasteiger charge is 2.64. The molecule has 2 aromatic rings. The number of carbonyl (C=O) groups is 4. The number of urea groups is 1. The third-order valence-corrected chi connectivity index (χ3v) is 9.20. The van der Waals surface area contributed by atoms with E-state index in [2.05, 4.69) is 10.6 Å². The summed E-state index contributed by atoms with van der Waals surface area (Å²) in [6.07, 6.45) is -5.03. The molecule has 3 amide bonds. The number of phenols is 1. The van der Waals surface area contributed by atoms with Gasteiger partial charge in [0.05, 0.1) is 28.5 Å². The molecule has 3 aliphatic rings. The highest BCUT2D eigenvalue weighted by atomic mass is 35.5. The number of anilines is 3. The van der Waals surface area contributed by atoms with E-state index in [9.17, 15) is 52.8 Å². The van der Waals surface area contributed by atoms with Gasteiger partial charge in [-0.1, -0.05) is 19.0 Å². The lowest BCUT2D eigenvalue weighted by atomic mass is 9.57. The maximum Gasteiger partial charge on any atom is 0.418 e. The molecule has 1 saturated carbocycles. The molecule has 264 valence electrons. The lowest BCUT2D eigenvalue weighted by molar-refractivity contribution is -0.153. The van der Waals surface area contributed by atoms with Crippen molar-refractivity contribution in [3.05, 3.63) is 62.9 Å². The second-order valence-electron chi connectivity index (χ2n) is 12.3. The quantitative estimate of drug-likeness (QED) is 0.176. The summed E-state index contributed by atoms with van der Waals surface area (Å²) in [5, 5.41) is 49.8. The number of hydrogen-bond acceptors (Lipinski definition) is 10. The minimum Gasteiger partial charge on any atom is -0.508 e. The number of benzene rings is 2. The van der Waals surface area contributed by atoms with E-state index >= 15 is 0 Å². The number of primary amides is 1. The summed E-state index contributed by atoms with van der Waals surface area (Å²) < 4.78 is 40.8. The molecule has 49 heavy (non-hydrogen) atoms. The zero-order chi connectivity index (χ0) is 35.8. The third-order valence-electron chi connectivity index (χ3n) is 8.96. The van der Waals surface area contributed by atoms with E-state index < -0.39 is 92.8 Å². The van der Waals surface area contributed by atoms with E-state index in [1.165, 1.54) is 25.1 Å². The monoisotopic (exact) mass is 709 g/mol. The molecule has 1 fully saturated rings. The van der Waals surface area contributed by atoms with Gasteiger partial charge in [0.25, 0.3) is 5.91 Å². The molecule has 0 unspecified atom stereocenters. The number of alkyl halides is 3. The summed E-state index contributed by atoms with van der Waals surface area (Å²) in [6.45, 7) is 0. The number of rotatable bonds is 5. The number of fused-ring (bicyclic) bond motifs is 3. The largest absolute Gasteiger partial charge is 0.508 e. The Morgan fingerprint density at radius 2 is 1.65 bits per heavy atom. The Balaban J connectivity index is 0.00000541. The summed E-state index contributed by atoms with van der Waals surface area (Å²) in [6, 6.07) is 1.56. The van der Waals surface area contributed by atoms with E-state index in [-0.39, 0.29) is 36.5 Å². The average Bonchev–Trinajstić information content (AvgIpc) is 2.96. The number of ketones is 2. The lowest BCUT2D eigenvalue weighted by Crippen LogP contribution is -2.65. The van der Waals surface area contributed by atoms with E-state index in [4.69, 9.17) is 17.3 Å². The van der Waals surface area contributed by atoms with Crippen LogP contribution in [0.25, 0.3) is 5.76 Å². The molecule has 0 bridgehead atoms. The molecule has 0 heterocycles. The number of aliphatic hydroxyl groups excluding tert-OH is 2. The first-order valence-electron chi connectivity index (χ1n) is 14.4. The predicted molar refractivity (Wildman–Crippen MR) is 174 cm³/mol. The number of nitrogens with zero attached hydrogens (tertiary/aromatic N) is 2. The highest BCUT2D eigenvalue weighted by Crippen LogP contribution is 2.54. The van der Waals surface area contributed by atoms with Gasteiger partial charge in [-0.3, -0.25) is 19.3 Å². The van der Waals surface area contributed by atoms with Crippen LogP contribution in [0.4, 0.5) is 35.0 Å². The average molecular weight is 710 g/mol. The van der Waals surface area contributed by atoms with Crippen molar-refractivity contribution in [2.24, 2.45) is 17.6 Å². The maximum atomic E-state index is 14.1. The standard InChI is InChI=1S/C31H31ClF3N5O8.CH4/c1-39(2)18-10-17(38-29(47)37-16-6-5-12(32)9-14(16)31(33,34)35)23(41)20-13(18)7-11-8-15-22(40(3)4)25(43)21(28(36)46)27(45)30(15,48)26(44)19(11)24(20)42;/h5-6,9-11,15,22,41-42,45,48H,7-8H2,1-4H3,(H2,36,46)(H2,37,38,47);1H4/t11-,15+,22-,30+;/m1./s1. The van der Waals surface area contributed by atoms with Crippen molar-refractivity contribution in [1.82, 2.24) is 4.90 Å². The summed E-state index contributed by atoms with van der Waals surface area (Å²) >= 11 is 5.71. The number of aliphatic hydroxyl groups is 3. The van der Waals surface area contributed by atoms with E-state index in [0.29, 0.717) is 17.3 Å². The molecule has 5 rings (SSSR count). The first kappa shape index (κ1) is 37.0. The Kier molecular flexibility index (Phi) is 9.51. The fourth-order valence-electron chi connectivity index (χ4n) is 6.92. The van der Waals surface area contributed by atoms with Crippen LogP contribution >= 0.6 is 11.6 Å². The Labute approximate surface area is 283 Å². The van der Waals surface area contributed by atoms with Gasteiger partial charge in [0.15, 0.2) is 17.1 Å². The van der Waals surface area contributed by atoms with Crippen LogP contribution in [0.2, 0.25) is 5.02 Å². The third kappa shape index (κ3) is 5.82. The number of Topliss-reactive ketones (excluding diaryl/α,β-unsaturated/α-hetero) is 2. The van der Waals surface area contributed by atoms with Crippen molar-refractivity contribution >= 4 is 57.9 Å². The van der Waals surface area contributed by atoms with Gasteiger partial charge in [-0.2, -0.15) is 13.2 Å². The van der Waals surface area contributed by atoms with Gasteiger partial charge >= 0.3 is 12.2 Å². The summed E-state index contributed by atoms with van der Waals surface area (Å²) in [7, 11) is 6.18. The van der Waals surface area contributed by atoms with E-state index in [1.807, 2.05) is 0 Å². The van der Waals surface area contributed by atoms with Gasteiger partial charge < -0.3 is 41.7 Å². The van der Waals surface area contributed by atoms with Crippen molar-refractivity contribution in [3.8, 4) is 5.75 Å². The summed E-state index contributed by atoms with van der Waals surface area (Å²) in [4.78, 5) is 55.5. The fourth-order valence-corrected chi connectivity index (χ4v) is 7.09. The predicted octanol–water partition coefficient (Wildman–Crippen LogP) is 3.98. The van der Waals surface area contributed by atoms with Crippen LogP contribution in [-0.4, -0.2) is 88.7 Å². The van der Waals surface area contributed by atoms with Crippen LogP contribution in [0.3, 0.4) is 0 Å². The first-order chi connectivity index (χ1) is 22.2. The van der Waals surface area contributed by atoms with E-state index in [1.54, 1.807) is 19.0 Å². The number of hydrogen-bond donors (Lipinski definition) is 7. The normalized spacial score (nSPS) is 23.3. The number of nitrogens with one attached hydrogen (secondary N) is 2. The Morgan fingerprint density at radius 1 is 1.04 bits per heavy atom. The first-order valence-corrected chi connectivity index (χ1v) is 14.7. The van der Waals surface area contributed by atoms with Gasteiger partial charge in [0.1, 0.15) is 17.1 Å². The Bertz CT molecular complexity index is 1860. The van der Waals surface area contributed by atoms with Crippen molar-refractivity contribution < 1.29 is 52.8 Å². The zero-order valence-corrected chi connectivity index (χ0v) is 26.6.